The largest absolute Gasteiger partial charge is 0.508 e. The Balaban J connectivity index is 1.63. The SMILES string of the molecule is CC(C)(C)OC(=O)NCCC(=O)NCC1CCN(C(=O)c2cccc(O)c2)CC1. The minimum absolute atomic E-state index is 0.0783. The summed E-state index contributed by atoms with van der Waals surface area (Å²) in [7, 11) is 0. The van der Waals surface area contributed by atoms with Crippen molar-refractivity contribution in [3.05, 3.63) is 29.8 Å². The second-order valence-electron chi connectivity index (χ2n) is 8.27. The van der Waals surface area contributed by atoms with Crippen LogP contribution >= 0.6 is 0 Å². The second-order valence-corrected chi connectivity index (χ2v) is 8.27. The number of benzene rings is 1. The number of ether oxygens (including phenoxy) is 1. The molecule has 1 saturated heterocycles. The zero-order chi connectivity index (χ0) is 21.4. The average molecular weight is 405 g/mol. The van der Waals surface area contributed by atoms with Crippen molar-refractivity contribution in [2.75, 3.05) is 26.2 Å². The molecule has 0 atom stereocenters. The highest BCUT2D eigenvalue weighted by atomic mass is 16.6. The summed E-state index contributed by atoms with van der Waals surface area (Å²) in [6.07, 6.45) is 1.27. The van der Waals surface area contributed by atoms with Gasteiger partial charge in [0.1, 0.15) is 11.4 Å². The molecule has 0 radical (unpaired) electrons. The Labute approximate surface area is 171 Å². The summed E-state index contributed by atoms with van der Waals surface area (Å²) in [6.45, 7) is 7.35. The van der Waals surface area contributed by atoms with Gasteiger partial charge in [-0.25, -0.2) is 4.79 Å². The zero-order valence-electron chi connectivity index (χ0n) is 17.4. The van der Waals surface area contributed by atoms with Crippen molar-refractivity contribution in [3.63, 3.8) is 0 Å². The number of carbonyl (C=O) groups is 3. The van der Waals surface area contributed by atoms with Crippen molar-refractivity contribution >= 4 is 17.9 Å². The molecule has 1 aliphatic heterocycles. The fraction of sp³-hybridized carbons (Fsp3) is 0.571. The summed E-state index contributed by atoms with van der Waals surface area (Å²) in [5, 5.41) is 15.0. The Morgan fingerprint density at radius 3 is 2.48 bits per heavy atom. The van der Waals surface area contributed by atoms with E-state index < -0.39 is 11.7 Å². The van der Waals surface area contributed by atoms with E-state index in [9.17, 15) is 19.5 Å². The lowest BCUT2D eigenvalue weighted by atomic mass is 9.96. The molecule has 8 nitrogen and oxygen atoms in total. The molecule has 0 aliphatic carbocycles. The highest BCUT2D eigenvalue weighted by Gasteiger charge is 2.24. The van der Waals surface area contributed by atoms with Gasteiger partial charge in [0.05, 0.1) is 0 Å². The van der Waals surface area contributed by atoms with E-state index in [1.807, 2.05) is 0 Å². The molecule has 1 heterocycles. The molecule has 1 aromatic rings. The van der Waals surface area contributed by atoms with Crippen LogP contribution in [0.3, 0.4) is 0 Å². The molecule has 3 N–H and O–H groups in total. The number of rotatable bonds is 6. The number of alkyl carbamates (subject to hydrolysis) is 1. The molecule has 160 valence electrons. The van der Waals surface area contributed by atoms with Crippen LogP contribution in [0, 0.1) is 5.92 Å². The highest BCUT2D eigenvalue weighted by molar-refractivity contribution is 5.94. The lowest BCUT2D eigenvalue weighted by molar-refractivity contribution is -0.121. The molecule has 0 unspecified atom stereocenters. The number of amides is 3. The molecular formula is C21H31N3O5. The molecule has 8 heteroatoms. The first kappa shape index (κ1) is 22.5. The van der Waals surface area contributed by atoms with Crippen LogP contribution in [0.2, 0.25) is 0 Å². The van der Waals surface area contributed by atoms with Crippen molar-refractivity contribution in [1.29, 1.82) is 0 Å². The minimum Gasteiger partial charge on any atom is -0.508 e. The van der Waals surface area contributed by atoms with Gasteiger partial charge in [-0.05, 0) is 57.7 Å². The van der Waals surface area contributed by atoms with Gasteiger partial charge in [-0.1, -0.05) is 6.07 Å². The van der Waals surface area contributed by atoms with Crippen molar-refractivity contribution in [1.82, 2.24) is 15.5 Å². The molecule has 1 aliphatic rings. The first-order chi connectivity index (χ1) is 13.6. The van der Waals surface area contributed by atoms with Crippen LogP contribution in [0.15, 0.2) is 24.3 Å². The van der Waals surface area contributed by atoms with Crippen LogP contribution in [0.1, 0.15) is 50.4 Å². The zero-order valence-corrected chi connectivity index (χ0v) is 17.4. The molecule has 0 bridgehead atoms. The van der Waals surface area contributed by atoms with Gasteiger partial charge in [0, 0.05) is 38.2 Å². The molecule has 0 aromatic heterocycles. The van der Waals surface area contributed by atoms with E-state index in [1.54, 1.807) is 37.8 Å². The first-order valence-corrected chi connectivity index (χ1v) is 9.96. The van der Waals surface area contributed by atoms with Crippen LogP contribution in [-0.2, 0) is 9.53 Å². The van der Waals surface area contributed by atoms with E-state index >= 15 is 0 Å². The van der Waals surface area contributed by atoms with E-state index in [2.05, 4.69) is 10.6 Å². The maximum Gasteiger partial charge on any atom is 0.407 e. The maximum atomic E-state index is 12.5. The van der Waals surface area contributed by atoms with Gasteiger partial charge in [0.15, 0.2) is 0 Å². The van der Waals surface area contributed by atoms with Gasteiger partial charge in [-0.3, -0.25) is 9.59 Å². The van der Waals surface area contributed by atoms with Crippen LogP contribution < -0.4 is 10.6 Å². The minimum atomic E-state index is -0.566. The third-order valence-corrected chi connectivity index (χ3v) is 4.60. The summed E-state index contributed by atoms with van der Waals surface area (Å²) in [5.74, 6) is 0.177. The quantitative estimate of drug-likeness (QED) is 0.673. The number of aromatic hydroxyl groups is 1. The molecule has 29 heavy (non-hydrogen) atoms. The predicted octanol–water partition coefficient (Wildman–Crippen LogP) is 2.28. The monoisotopic (exact) mass is 405 g/mol. The fourth-order valence-electron chi connectivity index (χ4n) is 3.10. The van der Waals surface area contributed by atoms with Gasteiger partial charge in [-0.2, -0.15) is 0 Å². The Hall–Kier alpha value is -2.77. The third kappa shape index (κ3) is 8.01. The van der Waals surface area contributed by atoms with Crippen LogP contribution in [-0.4, -0.2) is 59.7 Å². The van der Waals surface area contributed by atoms with Gasteiger partial charge in [-0.15, -0.1) is 0 Å². The van der Waals surface area contributed by atoms with Crippen molar-refractivity contribution in [2.45, 2.75) is 45.6 Å². The standard InChI is InChI=1S/C21H31N3O5/c1-21(2,3)29-20(28)22-10-7-18(26)23-14-15-8-11-24(12-9-15)19(27)16-5-4-6-17(25)13-16/h4-6,13,15,25H,7-12,14H2,1-3H3,(H,22,28)(H,23,26). The Morgan fingerprint density at radius 1 is 1.17 bits per heavy atom. The van der Waals surface area contributed by atoms with Crippen LogP contribution in [0.25, 0.3) is 0 Å². The Kier molecular flexibility index (Phi) is 7.87. The average Bonchev–Trinajstić information content (AvgIpc) is 2.65. The number of phenolic OH excluding ortho intramolecular Hbond substituents is 1. The maximum absolute atomic E-state index is 12.5. The number of likely N-dealkylation sites (tertiary alicyclic amines) is 1. The number of hydrogen-bond acceptors (Lipinski definition) is 5. The highest BCUT2D eigenvalue weighted by Crippen LogP contribution is 2.20. The molecule has 1 aromatic carbocycles. The second kappa shape index (κ2) is 10.1. The molecule has 3 amide bonds. The number of hydrogen-bond donors (Lipinski definition) is 3. The Bertz CT molecular complexity index is 721. The van der Waals surface area contributed by atoms with Gasteiger partial charge >= 0.3 is 6.09 Å². The number of nitrogens with zero attached hydrogens (tertiary/aromatic N) is 1. The van der Waals surface area contributed by atoms with Crippen molar-refractivity contribution in [3.8, 4) is 5.75 Å². The molecular weight excluding hydrogens is 374 g/mol. The molecule has 2 rings (SSSR count). The lowest BCUT2D eigenvalue weighted by Gasteiger charge is -2.32. The number of nitrogens with one attached hydrogen (secondary N) is 2. The third-order valence-electron chi connectivity index (χ3n) is 4.60. The van der Waals surface area contributed by atoms with Crippen molar-refractivity contribution < 1.29 is 24.2 Å². The topological polar surface area (TPSA) is 108 Å². The summed E-state index contributed by atoms with van der Waals surface area (Å²) in [4.78, 5) is 37.8. The summed E-state index contributed by atoms with van der Waals surface area (Å²) >= 11 is 0. The van der Waals surface area contributed by atoms with E-state index in [0.29, 0.717) is 31.1 Å². The normalized spacial score (nSPS) is 14.9. The van der Waals surface area contributed by atoms with E-state index in [1.165, 1.54) is 12.1 Å². The van der Waals surface area contributed by atoms with E-state index in [0.717, 1.165) is 12.8 Å². The van der Waals surface area contributed by atoms with Crippen LogP contribution in [0.5, 0.6) is 5.75 Å². The van der Waals surface area contributed by atoms with Crippen LogP contribution in [0.4, 0.5) is 4.79 Å². The van der Waals surface area contributed by atoms with Crippen molar-refractivity contribution in [2.24, 2.45) is 5.92 Å². The number of piperidine rings is 1. The molecule has 0 saturated carbocycles. The van der Waals surface area contributed by atoms with E-state index in [-0.39, 0.29) is 30.5 Å². The van der Waals surface area contributed by atoms with Gasteiger partial charge in [0.2, 0.25) is 5.91 Å². The summed E-state index contributed by atoms with van der Waals surface area (Å²) < 4.78 is 5.11. The van der Waals surface area contributed by atoms with Gasteiger partial charge < -0.3 is 25.4 Å². The summed E-state index contributed by atoms with van der Waals surface area (Å²) in [6, 6.07) is 6.36. The first-order valence-electron chi connectivity index (χ1n) is 9.96. The predicted molar refractivity (Wildman–Crippen MR) is 109 cm³/mol. The Morgan fingerprint density at radius 2 is 1.86 bits per heavy atom. The fourth-order valence-corrected chi connectivity index (χ4v) is 3.10. The molecule has 0 spiro atoms. The smallest absolute Gasteiger partial charge is 0.407 e. The van der Waals surface area contributed by atoms with Gasteiger partial charge in [0.25, 0.3) is 5.91 Å². The lowest BCUT2D eigenvalue weighted by Crippen LogP contribution is -2.42. The molecule has 1 fully saturated rings. The number of phenols is 1. The summed E-state index contributed by atoms with van der Waals surface area (Å²) in [5.41, 5.74) is -0.0852. The van der Waals surface area contributed by atoms with E-state index in [4.69, 9.17) is 4.74 Å². The number of carbonyl (C=O) groups excluding carboxylic acids is 3.